The van der Waals surface area contributed by atoms with Crippen molar-refractivity contribution in [2.24, 2.45) is 0 Å². The van der Waals surface area contributed by atoms with Crippen LogP contribution < -0.4 is 0 Å². The fourth-order valence-corrected chi connectivity index (χ4v) is 1.14. The lowest BCUT2D eigenvalue weighted by Crippen LogP contribution is -1.94. The molecule has 0 bridgehead atoms. The van der Waals surface area contributed by atoms with Crippen LogP contribution in [0.25, 0.3) is 0 Å². The van der Waals surface area contributed by atoms with Crippen LogP contribution in [0.4, 0.5) is 5.69 Å². The zero-order valence-electron chi connectivity index (χ0n) is 5.78. The van der Waals surface area contributed by atoms with Crippen molar-refractivity contribution in [3.8, 4) is 0 Å². The number of para-hydroxylation sites is 1. The molecule has 0 N–H and O–H groups in total. The van der Waals surface area contributed by atoms with Gasteiger partial charge in [0.2, 0.25) is 0 Å². The van der Waals surface area contributed by atoms with E-state index < -0.39 is 0 Å². The molecule has 0 aliphatic rings. The summed E-state index contributed by atoms with van der Waals surface area (Å²) in [4.78, 5) is 9.99. The highest BCUT2D eigenvalue weighted by atomic mass is 28.1. The number of nitro benzene ring substituents is 1. The number of hydrogen-bond donors (Lipinski definition) is 0. The van der Waals surface area contributed by atoms with Gasteiger partial charge in [-0.2, -0.15) is 0 Å². The summed E-state index contributed by atoms with van der Waals surface area (Å²) in [5.74, 6) is 0. The molecule has 0 unspecified atom stereocenters. The van der Waals surface area contributed by atoms with Crippen LogP contribution >= 0.6 is 0 Å². The number of nitrogens with zero attached hydrogens (tertiary/aromatic N) is 1. The van der Waals surface area contributed by atoms with Gasteiger partial charge in [-0.15, -0.1) is 0 Å². The largest absolute Gasteiger partial charge is 0.272 e. The minimum Gasteiger partial charge on any atom is -0.258 e. The lowest BCUT2D eigenvalue weighted by molar-refractivity contribution is -0.385. The smallest absolute Gasteiger partial charge is 0.258 e. The van der Waals surface area contributed by atoms with Crippen LogP contribution in [-0.4, -0.2) is 15.2 Å². The average Bonchev–Trinajstić information content (AvgIpc) is 2.04. The van der Waals surface area contributed by atoms with E-state index in [1.165, 1.54) is 6.07 Å². The fourth-order valence-electron chi connectivity index (χ4n) is 0.838. The van der Waals surface area contributed by atoms with Crippen molar-refractivity contribution in [2.45, 2.75) is 6.04 Å². The Labute approximate surface area is 67.6 Å². The molecule has 0 fully saturated rings. The number of hydrogen-bond acceptors (Lipinski definition) is 2. The summed E-state index contributed by atoms with van der Waals surface area (Å²) in [6, 6.07) is 7.17. The van der Waals surface area contributed by atoms with E-state index in [0.29, 0.717) is 11.6 Å². The molecule has 4 heteroatoms. The van der Waals surface area contributed by atoms with Crippen LogP contribution in [0.5, 0.6) is 0 Å². The first-order valence-corrected chi connectivity index (χ1v) is 3.83. The molecule has 0 aliphatic heterocycles. The highest BCUT2D eigenvalue weighted by Gasteiger charge is 2.08. The molecule has 0 aromatic heterocycles. The first-order chi connectivity index (χ1) is 5.25. The Bertz CT molecular complexity index is 275. The highest BCUT2D eigenvalue weighted by molar-refractivity contribution is 6.08. The maximum atomic E-state index is 10.4. The monoisotopic (exact) mass is 164 g/mol. The third kappa shape index (κ3) is 1.65. The SMILES string of the molecule is O=[N+]([O-])c1ccccc1C[Si]. The first kappa shape index (κ1) is 7.94. The molecule has 0 atom stereocenters. The van der Waals surface area contributed by atoms with Gasteiger partial charge in [0.05, 0.1) is 4.92 Å². The maximum Gasteiger partial charge on any atom is 0.272 e. The van der Waals surface area contributed by atoms with Gasteiger partial charge >= 0.3 is 0 Å². The topological polar surface area (TPSA) is 43.1 Å². The second-order valence-corrected chi connectivity index (χ2v) is 2.42. The van der Waals surface area contributed by atoms with Crippen LogP contribution in [0.1, 0.15) is 5.56 Å². The Morgan fingerprint density at radius 2 is 2.09 bits per heavy atom. The van der Waals surface area contributed by atoms with Crippen LogP contribution in [0, 0.1) is 10.1 Å². The lowest BCUT2D eigenvalue weighted by atomic mass is 10.2. The molecular weight excluding hydrogens is 158 g/mol. The van der Waals surface area contributed by atoms with Crippen molar-refractivity contribution in [1.82, 2.24) is 0 Å². The summed E-state index contributed by atoms with van der Waals surface area (Å²) in [7, 11) is 3.22. The van der Waals surface area contributed by atoms with Gasteiger partial charge in [0.25, 0.3) is 5.69 Å². The minimum atomic E-state index is -0.379. The molecule has 0 saturated carbocycles. The van der Waals surface area contributed by atoms with Crippen molar-refractivity contribution >= 4 is 15.9 Å². The van der Waals surface area contributed by atoms with E-state index in [0.717, 1.165) is 0 Å². The van der Waals surface area contributed by atoms with Gasteiger partial charge in [-0.3, -0.25) is 10.1 Å². The van der Waals surface area contributed by atoms with Crippen molar-refractivity contribution < 1.29 is 4.92 Å². The van der Waals surface area contributed by atoms with Crippen LogP contribution in [0.2, 0.25) is 0 Å². The quantitative estimate of drug-likeness (QED) is 0.375. The van der Waals surface area contributed by atoms with E-state index in [1.807, 2.05) is 0 Å². The van der Waals surface area contributed by atoms with E-state index in [1.54, 1.807) is 18.2 Å². The van der Waals surface area contributed by atoms with E-state index in [9.17, 15) is 10.1 Å². The Hall–Kier alpha value is -1.16. The van der Waals surface area contributed by atoms with Crippen molar-refractivity contribution in [3.05, 3.63) is 39.9 Å². The van der Waals surface area contributed by atoms with Gasteiger partial charge in [0.15, 0.2) is 0 Å². The Balaban J connectivity index is 3.12. The average molecular weight is 164 g/mol. The van der Waals surface area contributed by atoms with E-state index >= 15 is 0 Å². The normalized spacial score (nSPS) is 9.55. The third-order valence-electron chi connectivity index (χ3n) is 1.38. The molecule has 0 aliphatic carbocycles. The molecular formula is C7H6NO2Si. The minimum absolute atomic E-state index is 0.169. The van der Waals surface area contributed by atoms with Crippen molar-refractivity contribution in [2.75, 3.05) is 0 Å². The maximum absolute atomic E-state index is 10.4. The molecule has 1 aromatic rings. The second-order valence-electron chi connectivity index (χ2n) is 2.06. The molecule has 3 radical (unpaired) electrons. The summed E-state index contributed by atoms with van der Waals surface area (Å²) in [5, 5.41) is 10.4. The second kappa shape index (κ2) is 3.29. The molecule has 0 heterocycles. The summed E-state index contributed by atoms with van der Waals surface area (Å²) < 4.78 is 0. The summed E-state index contributed by atoms with van der Waals surface area (Å²) in [6.45, 7) is 0. The zero-order chi connectivity index (χ0) is 8.27. The Kier molecular flexibility index (Phi) is 2.38. The molecule has 3 nitrogen and oxygen atoms in total. The molecule has 0 amide bonds. The van der Waals surface area contributed by atoms with Crippen LogP contribution in [0.3, 0.4) is 0 Å². The standard InChI is InChI=1S/C7H6NO2Si/c9-8(10)7-4-2-1-3-6(7)5-11/h1-4H,5H2. The zero-order valence-corrected chi connectivity index (χ0v) is 6.78. The molecule has 11 heavy (non-hydrogen) atoms. The summed E-state index contributed by atoms with van der Waals surface area (Å²) in [6.07, 6.45) is 0. The number of rotatable bonds is 2. The van der Waals surface area contributed by atoms with Gasteiger partial charge in [0, 0.05) is 21.9 Å². The predicted octanol–water partition coefficient (Wildman–Crippen LogP) is 1.26. The molecule has 0 spiro atoms. The van der Waals surface area contributed by atoms with Gasteiger partial charge < -0.3 is 0 Å². The van der Waals surface area contributed by atoms with Gasteiger partial charge in [-0.1, -0.05) is 18.2 Å². The summed E-state index contributed by atoms with van der Waals surface area (Å²) >= 11 is 0. The molecule has 0 saturated heterocycles. The number of benzene rings is 1. The van der Waals surface area contributed by atoms with Gasteiger partial charge in [-0.05, 0) is 6.04 Å². The van der Waals surface area contributed by atoms with Crippen LogP contribution in [-0.2, 0) is 6.04 Å². The van der Waals surface area contributed by atoms with E-state index in [2.05, 4.69) is 10.2 Å². The van der Waals surface area contributed by atoms with Gasteiger partial charge in [0.1, 0.15) is 0 Å². The molecule has 1 rings (SSSR count). The third-order valence-corrected chi connectivity index (χ3v) is 1.76. The number of nitro groups is 1. The van der Waals surface area contributed by atoms with Crippen molar-refractivity contribution in [3.63, 3.8) is 0 Å². The summed E-state index contributed by atoms with van der Waals surface area (Å²) in [5.41, 5.74) is 0.872. The molecule has 55 valence electrons. The van der Waals surface area contributed by atoms with E-state index in [-0.39, 0.29) is 10.6 Å². The van der Waals surface area contributed by atoms with Crippen molar-refractivity contribution in [1.29, 1.82) is 0 Å². The Morgan fingerprint density at radius 1 is 1.45 bits per heavy atom. The van der Waals surface area contributed by atoms with Gasteiger partial charge in [-0.25, -0.2) is 0 Å². The first-order valence-electron chi connectivity index (χ1n) is 3.12. The predicted molar refractivity (Wildman–Crippen MR) is 42.6 cm³/mol. The fraction of sp³-hybridized carbons (Fsp3) is 0.143. The molecule has 1 aromatic carbocycles. The highest BCUT2D eigenvalue weighted by Crippen LogP contribution is 2.16. The Morgan fingerprint density at radius 3 is 2.55 bits per heavy atom. The van der Waals surface area contributed by atoms with Crippen LogP contribution in [0.15, 0.2) is 24.3 Å². The van der Waals surface area contributed by atoms with E-state index in [4.69, 9.17) is 0 Å². The lowest BCUT2D eigenvalue weighted by Gasteiger charge is -1.96.